The molecule has 0 aromatic carbocycles. The van der Waals surface area contributed by atoms with E-state index in [1.165, 1.54) is 7.11 Å². The van der Waals surface area contributed by atoms with Crippen molar-refractivity contribution >= 4 is 5.97 Å². The normalized spacial score (nSPS) is 9.82. The van der Waals surface area contributed by atoms with Gasteiger partial charge in [0.25, 0.3) is 0 Å². The maximum absolute atomic E-state index is 10.9. The van der Waals surface area contributed by atoms with Gasteiger partial charge in [-0.3, -0.25) is 0 Å². The molecule has 0 spiro atoms. The quantitative estimate of drug-likeness (QED) is 0.460. The van der Waals surface area contributed by atoms with Crippen molar-refractivity contribution in [1.29, 1.82) is 0 Å². The molecule has 0 heterocycles. The van der Waals surface area contributed by atoms with Crippen molar-refractivity contribution in [2.45, 2.75) is 26.7 Å². The lowest BCUT2D eigenvalue weighted by atomic mass is 9.95. The Balaban J connectivity index is 4.09. The van der Waals surface area contributed by atoms with Crippen LogP contribution in [0.5, 0.6) is 0 Å². The van der Waals surface area contributed by atoms with Crippen LogP contribution in [0.1, 0.15) is 26.7 Å². The smallest absolute Gasteiger partial charge is 0.333 e. The zero-order valence-corrected chi connectivity index (χ0v) is 7.52. The molecule has 0 atom stereocenters. The maximum Gasteiger partial charge on any atom is 0.333 e. The topological polar surface area (TPSA) is 26.3 Å². The minimum atomic E-state index is -0.279. The number of hydrogen-bond donors (Lipinski definition) is 0. The van der Waals surface area contributed by atoms with Crippen LogP contribution in [0.3, 0.4) is 0 Å². The Morgan fingerprint density at radius 1 is 1.45 bits per heavy atom. The molecule has 0 aromatic rings. The van der Waals surface area contributed by atoms with E-state index in [-0.39, 0.29) is 11.9 Å². The summed E-state index contributed by atoms with van der Waals surface area (Å²) in [5, 5.41) is 0. The predicted octanol–water partition coefficient (Wildman–Crippen LogP) is 2.15. The molecular weight excluding hydrogens is 140 g/mol. The average molecular weight is 156 g/mol. The molecule has 0 unspecified atom stereocenters. The van der Waals surface area contributed by atoms with Crippen molar-refractivity contribution in [3.8, 4) is 0 Å². The molecule has 64 valence electrons. The van der Waals surface area contributed by atoms with Gasteiger partial charge in [0.15, 0.2) is 0 Å². The van der Waals surface area contributed by atoms with Gasteiger partial charge in [0.2, 0.25) is 0 Å². The highest BCUT2D eigenvalue weighted by Gasteiger charge is 2.15. The summed E-state index contributed by atoms with van der Waals surface area (Å²) in [6.45, 7) is 7.78. The summed E-state index contributed by atoms with van der Waals surface area (Å²) in [5.41, 5.74) is 0.595. The Kier molecular flexibility index (Phi) is 4.59. The molecule has 0 saturated heterocycles. The van der Waals surface area contributed by atoms with E-state index in [1.54, 1.807) is 0 Å². The van der Waals surface area contributed by atoms with Crippen LogP contribution in [0, 0.1) is 5.92 Å². The summed E-state index contributed by atoms with van der Waals surface area (Å²) >= 11 is 0. The number of esters is 1. The molecule has 0 fully saturated rings. The average Bonchev–Trinajstić information content (AvgIpc) is 2.05. The van der Waals surface area contributed by atoms with E-state index in [2.05, 4.69) is 11.3 Å². The van der Waals surface area contributed by atoms with Crippen molar-refractivity contribution < 1.29 is 9.53 Å². The van der Waals surface area contributed by atoms with Crippen LogP contribution in [-0.2, 0) is 9.53 Å². The van der Waals surface area contributed by atoms with E-state index in [4.69, 9.17) is 0 Å². The summed E-state index contributed by atoms with van der Waals surface area (Å²) < 4.78 is 4.56. The van der Waals surface area contributed by atoms with Crippen LogP contribution in [0.15, 0.2) is 12.2 Å². The molecule has 0 rings (SSSR count). The van der Waals surface area contributed by atoms with Crippen LogP contribution in [0.25, 0.3) is 0 Å². The second kappa shape index (κ2) is 4.94. The molecule has 0 aliphatic heterocycles. The van der Waals surface area contributed by atoms with Crippen molar-refractivity contribution in [2.75, 3.05) is 7.11 Å². The first kappa shape index (κ1) is 10.2. The van der Waals surface area contributed by atoms with Crippen molar-refractivity contribution in [3.05, 3.63) is 12.2 Å². The summed E-state index contributed by atoms with van der Waals surface area (Å²) in [5.74, 6) is 0.00106. The third-order valence-corrected chi connectivity index (χ3v) is 1.93. The van der Waals surface area contributed by atoms with E-state index in [0.717, 1.165) is 12.8 Å². The zero-order valence-electron chi connectivity index (χ0n) is 7.52. The Morgan fingerprint density at radius 3 is 2.18 bits per heavy atom. The molecular formula is C9H16O2. The van der Waals surface area contributed by atoms with Gasteiger partial charge in [-0.15, -0.1) is 0 Å². The Bertz CT molecular complexity index is 146. The lowest BCUT2D eigenvalue weighted by Gasteiger charge is -2.12. The zero-order chi connectivity index (χ0) is 8.85. The van der Waals surface area contributed by atoms with E-state index in [9.17, 15) is 4.79 Å². The standard InChI is InChI=1S/C9H16O2/c1-5-8(6-2)7(3)9(10)11-4/h8H,3,5-6H2,1-2,4H3. The van der Waals surface area contributed by atoms with E-state index in [0.29, 0.717) is 5.57 Å². The molecule has 0 N–H and O–H groups in total. The third-order valence-electron chi connectivity index (χ3n) is 1.93. The largest absolute Gasteiger partial charge is 0.466 e. The van der Waals surface area contributed by atoms with Gasteiger partial charge in [-0.1, -0.05) is 20.4 Å². The van der Waals surface area contributed by atoms with Gasteiger partial charge in [-0.05, 0) is 18.8 Å². The highest BCUT2D eigenvalue weighted by atomic mass is 16.5. The number of ether oxygens (including phenoxy) is 1. The minimum Gasteiger partial charge on any atom is -0.466 e. The second-order valence-corrected chi connectivity index (χ2v) is 2.53. The number of methoxy groups -OCH3 is 1. The van der Waals surface area contributed by atoms with Crippen LogP contribution >= 0.6 is 0 Å². The number of rotatable bonds is 4. The maximum atomic E-state index is 10.9. The molecule has 0 aliphatic rings. The highest BCUT2D eigenvalue weighted by Crippen LogP contribution is 2.17. The van der Waals surface area contributed by atoms with Gasteiger partial charge in [0.1, 0.15) is 0 Å². The molecule has 0 amide bonds. The van der Waals surface area contributed by atoms with Gasteiger partial charge >= 0.3 is 5.97 Å². The van der Waals surface area contributed by atoms with Crippen LogP contribution in [0.4, 0.5) is 0 Å². The third kappa shape index (κ3) is 2.74. The first-order valence-electron chi connectivity index (χ1n) is 3.94. The molecule has 2 nitrogen and oxygen atoms in total. The number of carbonyl (C=O) groups excluding carboxylic acids is 1. The van der Waals surface area contributed by atoms with Gasteiger partial charge in [-0.2, -0.15) is 0 Å². The van der Waals surface area contributed by atoms with Gasteiger partial charge in [0, 0.05) is 5.57 Å². The van der Waals surface area contributed by atoms with Gasteiger partial charge in [0.05, 0.1) is 7.11 Å². The first-order chi connectivity index (χ1) is 5.17. The molecule has 11 heavy (non-hydrogen) atoms. The summed E-state index contributed by atoms with van der Waals surface area (Å²) in [6, 6.07) is 0. The predicted molar refractivity (Wildman–Crippen MR) is 45.2 cm³/mol. The number of hydrogen-bond acceptors (Lipinski definition) is 2. The lowest BCUT2D eigenvalue weighted by Crippen LogP contribution is -2.12. The first-order valence-corrected chi connectivity index (χ1v) is 3.94. The SMILES string of the molecule is C=C(C(=O)OC)C(CC)CC. The van der Waals surface area contributed by atoms with E-state index in [1.807, 2.05) is 13.8 Å². The van der Waals surface area contributed by atoms with Crippen molar-refractivity contribution in [2.24, 2.45) is 5.92 Å². The molecule has 0 bridgehead atoms. The fourth-order valence-corrected chi connectivity index (χ4v) is 1.08. The monoisotopic (exact) mass is 156 g/mol. The fourth-order valence-electron chi connectivity index (χ4n) is 1.08. The van der Waals surface area contributed by atoms with E-state index >= 15 is 0 Å². The summed E-state index contributed by atoms with van der Waals surface area (Å²) in [6.07, 6.45) is 1.90. The van der Waals surface area contributed by atoms with E-state index < -0.39 is 0 Å². The minimum absolute atomic E-state index is 0.279. The molecule has 0 aliphatic carbocycles. The van der Waals surface area contributed by atoms with Gasteiger partial charge in [-0.25, -0.2) is 4.79 Å². The molecule has 0 aromatic heterocycles. The Hall–Kier alpha value is -0.790. The molecule has 0 saturated carbocycles. The van der Waals surface area contributed by atoms with Gasteiger partial charge < -0.3 is 4.74 Å². The fraction of sp³-hybridized carbons (Fsp3) is 0.667. The lowest BCUT2D eigenvalue weighted by molar-refractivity contribution is -0.136. The van der Waals surface area contributed by atoms with Crippen LogP contribution < -0.4 is 0 Å². The van der Waals surface area contributed by atoms with Crippen molar-refractivity contribution in [3.63, 3.8) is 0 Å². The molecule has 0 radical (unpaired) electrons. The van der Waals surface area contributed by atoms with Crippen LogP contribution in [0.2, 0.25) is 0 Å². The highest BCUT2D eigenvalue weighted by molar-refractivity contribution is 5.88. The summed E-state index contributed by atoms with van der Waals surface area (Å²) in [4.78, 5) is 10.9. The Morgan fingerprint density at radius 2 is 1.91 bits per heavy atom. The Labute approximate surface area is 68.2 Å². The summed E-state index contributed by atoms with van der Waals surface area (Å²) in [7, 11) is 1.38. The van der Waals surface area contributed by atoms with Crippen LogP contribution in [-0.4, -0.2) is 13.1 Å². The second-order valence-electron chi connectivity index (χ2n) is 2.53. The van der Waals surface area contributed by atoms with Crippen molar-refractivity contribution in [1.82, 2.24) is 0 Å². The molecule has 2 heteroatoms. The number of carbonyl (C=O) groups is 1.